The molecule has 1 aliphatic heterocycles. The molecule has 2 aromatic rings. The number of aliphatic hydroxyl groups excluding tert-OH is 1. The number of hydrogen-bond donors (Lipinski definition) is 1. The predicted molar refractivity (Wildman–Crippen MR) is 122 cm³/mol. The van der Waals surface area contributed by atoms with Gasteiger partial charge in [-0.3, -0.25) is 14.5 Å². The molecule has 164 valence electrons. The van der Waals surface area contributed by atoms with Gasteiger partial charge in [-0.2, -0.15) is 0 Å². The number of ether oxygens (including phenoxy) is 1. The highest BCUT2D eigenvalue weighted by atomic mass is 16.5. The summed E-state index contributed by atoms with van der Waals surface area (Å²) >= 11 is 0. The highest BCUT2D eigenvalue weighted by Crippen LogP contribution is 2.42. The summed E-state index contributed by atoms with van der Waals surface area (Å²) in [5.74, 6) is -1.03. The molecule has 0 saturated heterocycles. The van der Waals surface area contributed by atoms with E-state index in [0.717, 1.165) is 11.1 Å². The van der Waals surface area contributed by atoms with Gasteiger partial charge in [0.2, 0.25) is 0 Å². The first-order chi connectivity index (χ1) is 14.6. The second-order valence-electron chi connectivity index (χ2n) is 9.16. The molecule has 1 N–H and O–H groups in total. The Morgan fingerprint density at radius 3 is 2.32 bits per heavy atom. The summed E-state index contributed by atoms with van der Waals surface area (Å²) in [6.07, 6.45) is 0. The number of ketones is 1. The average Bonchev–Trinajstić information content (AvgIpc) is 2.98. The van der Waals surface area contributed by atoms with E-state index in [1.807, 2.05) is 37.3 Å². The number of nitrogens with zero attached hydrogens (tertiary/aromatic N) is 1. The molecule has 5 nitrogen and oxygen atoms in total. The molecule has 0 fully saturated rings. The van der Waals surface area contributed by atoms with Crippen LogP contribution >= 0.6 is 0 Å². The lowest BCUT2D eigenvalue weighted by Crippen LogP contribution is -2.31. The van der Waals surface area contributed by atoms with E-state index in [-0.39, 0.29) is 22.7 Å². The Bertz CT molecular complexity index is 1010. The topological polar surface area (TPSA) is 66.8 Å². The Kier molecular flexibility index (Phi) is 6.25. The summed E-state index contributed by atoms with van der Waals surface area (Å²) in [6.45, 7) is 12.3. The Morgan fingerprint density at radius 1 is 1.13 bits per heavy atom. The van der Waals surface area contributed by atoms with Crippen molar-refractivity contribution in [3.8, 4) is 5.75 Å². The smallest absolute Gasteiger partial charge is 0.294 e. The predicted octanol–water partition coefficient (Wildman–Crippen LogP) is 5.51. The van der Waals surface area contributed by atoms with Gasteiger partial charge in [0.25, 0.3) is 5.91 Å². The van der Waals surface area contributed by atoms with Gasteiger partial charge in [0.05, 0.1) is 18.2 Å². The van der Waals surface area contributed by atoms with Crippen molar-refractivity contribution in [1.29, 1.82) is 0 Å². The quantitative estimate of drug-likeness (QED) is 0.668. The van der Waals surface area contributed by atoms with Gasteiger partial charge in [-0.25, -0.2) is 0 Å². The Labute approximate surface area is 184 Å². The van der Waals surface area contributed by atoms with Crippen molar-refractivity contribution in [2.45, 2.75) is 53.0 Å². The summed E-state index contributed by atoms with van der Waals surface area (Å²) in [5, 5.41) is 10.7. The van der Waals surface area contributed by atoms with E-state index in [9.17, 15) is 14.7 Å². The van der Waals surface area contributed by atoms with Crippen LogP contribution in [0.4, 0.5) is 5.69 Å². The van der Waals surface area contributed by atoms with Crippen LogP contribution in [-0.4, -0.2) is 23.4 Å². The zero-order valence-electron chi connectivity index (χ0n) is 19.1. The molecule has 0 aliphatic carbocycles. The number of aliphatic hydroxyl groups is 1. The zero-order valence-corrected chi connectivity index (χ0v) is 19.1. The fourth-order valence-corrected chi connectivity index (χ4v) is 3.80. The first kappa shape index (κ1) is 22.6. The molecule has 3 rings (SSSR count). The number of carbonyl (C=O) groups is 2. The van der Waals surface area contributed by atoms with Crippen molar-refractivity contribution < 1.29 is 19.4 Å². The number of benzene rings is 2. The summed E-state index contributed by atoms with van der Waals surface area (Å²) in [6, 6.07) is 14.4. The van der Waals surface area contributed by atoms with Crippen LogP contribution in [0.15, 0.2) is 59.9 Å². The van der Waals surface area contributed by atoms with Crippen LogP contribution in [0.25, 0.3) is 0 Å². The number of amides is 1. The molecule has 1 heterocycles. The van der Waals surface area contributed by atoms with Gasteiger partial charge in [-0.1, -0.05) is 65.0 Å². The number of Topliss-reactive ketones (excluding diaryl/α,β-unsaturated/α-hetero) is 1. The summed E-state index contributed by atoms with van der Waals surface area (Å²) in [5.41, 5.74) is 2.61. The fourth-order valence-electron chi connectivity index (χ4n) is 3.80. The summed E-state index contributed by atoms with van der Waals surface area (Å²) in [4.78, 5) is 27.7. The van der Waals surface area contributed by atoms with Crippen LogP contribution in [0.3, 0.4) is 0 Å². The summed E-state index contributed by atoms with van der Waals surface area (Å²) in [7, 11) is 0. The lowest BCUT2D eigenvalue weighted by atomic mass is 9.85. The number of anilines is 1. The molecule has 0 bridgehead atoms. The highest BCUT2D eigenvalue weighted by molar-refractivity contribution is 6.16. The SMILES string of the molecule is CCOc1cccc(N2C(=O)C(O)=C(C(=O)C(C)C)C2c2ccc(C(C)(C)C)cc2)c1. The van der Waals surface area contributed by atoms with E-state index < -0.39 is 17.7 Å². The minimum atomic E-state index is -0.701. The molecule has 5 heteroatoms. The highest BCUT2D eigenvalue weighted by Gasteiger charge is 2.44. The minimum absolute atomic E-state index is 0.0237. The normalized spacial score (nSPS) is 16.9. The van der Waals surface area contributed by atoms with Crippen molar-refractivity contribution in [2.24, 2.45) is 5.92 Å². The van der Waals surface area contributed by atoms with E-state index >= 15 is 0 Å². The number of hydrogen-bond acceptors (Lipinski definition) is 4. The first-order valence-corrected chi connectivity index (χ1v) is 10.7. The van der Waals surface area contributed by atoms with Crippen LogP contribution in [0.5, 0.6) is 5.75 Å². The van der Waals surface area contributed by atoms with Gasteiger partial charge in [-0.05, 0) is 35.6 Å². The van der Waals surface area contributed by atoms with E-state index in [4.69, 9.17) is 4.74 Å². The van der Waals surface area contributed by atoms with Crippen molar-refractivity contribution >= 4 is 17.4 Å². The van der Waals surface area contributed by atoms with Crippen LogP contribution in [0, 0.1) is 5.92 Å². The van der Waals surface area contributed by atoms with Gasteiger partial charge in [0.15, 0.2) is 11.5 Å². The van der Waals surface area contributed by atoms with Gasteiger partial charge in [0, 0.05) is 17.7 Å². The Morgan fingerprint density at radius 2 is 1.77 bits per heavy atom. The van der Waals surface area contributed by atoms with Gasteiger partial charge >= 0.3 is 0 Å². The summed E-state index contributed by atoms with van der Waals surface area (Å²) < 4.78 is 5.59. The third kappa shape index (κ3) is 4.36. The molecule has 1 unspecified atom stereocenters. The molecule has 31 heavy (non-hydrogen) atoms. The molecule has 1 amide bonds. The van der Waals surface area contributed by atoms with Gasteiger partial charge in [-0.15, -0.1) is 0 Å². The molecular weight excluding hydrogens is 390 g/mol. The van der Waals surface area contributed by atoms with E-state index in [0.29, 0.717) is 18.0 Å². The van der Waals surface area contributed by atoms with Crippen molar-refractivity contribution in [1.82, 2.24) is 0 Å². The maximum absolute atomic E-state index is 13.1. The molecular formula is C26H31NO4. The minimum Gasteiger partial charge on any atom is -0.503 e. The average molecular weight is 422 g/mol. The third-order valence-electron chi connectivity index (χ3n) is 5.50. The lowest BCUT2D eigenvalue weighted by molar-refractivity contribution is -0.119. The van der Waals surface area contributed by atoms with Gasteiger partial charge < -0.3 is 9.84 Å². The molecule has 2 aromatic carbocycles. The number of rotatable bonds is 6. The molecule has 0 spiro atoms. The maximum atomic E-state index is 13.1. The standard InChI is InChI=1S/C26H31NO4/c1-7-31-20-10-8-9-19(15-20)27-22(17-11-13-18(14-12-17)26(4,5)6)21(23(28)16(2)3)24(29)25(27)30/h8-16,22,29H,7H2,1-6H3. The lowest BCUT2D eigenvalue weighted by Gasteiger charge is -2.28. The van der Waals surface area contributed by atoms with Gasteiger partial charge in [0.1, 0.15) is 5.75 Å². The van der Waals surface area contributed by atoms with Crippen molar-refractivity contribution in [3.05, 3.63) is 71.0 Å². The molecule has 1 aliphatic rings. The van der Waals surface area contributed by atoms with Crippen LogP contribution in [0.2, 0.25) is 0 Å². The van der Waals surface area contributed by atoms with Crippen LogP contribution in [-0.2, 0) is 15.0 Å². The first-order valence-electron chi connectivity index (χ1n) is 10.7. The number of carbonyl (C=O) groups excluding carboxylic acids is 2. The van der Waals surface area contributed by atoms with E-state index in [1.165, 1.54) is 4.90 Å². The van der Waals surface area contributed by atoms with E-state index in [2.05, 4.69) is 20.8 Å². The zero-order chi connectivity index (χ0) is 22.9. The Balaban J connectivity index is 2.15. The fraction of sp³-hybridized carbons (Fsp3) is 0.385. The molecule has 1 atom stereocenters. The molecule has 0 aromatic heterocycles. The van der Waals surface area contributed by atoms with Crippen molar-refractivity contribution in [2.75, 3.05) is 11.5 Å². The largest absolute Gasteiger partial charge is 0.503 e. The third-order valence-corrected chi connectivity index (χ3v) is 5.50. The molecule has 0 saturated carbocycles. The molecule has 0 radical (unpaired) electrons. The second kappa shape index (κ2) is 8.58. The van der Waals surface area contributed by atoms with Crippen LogP contribution in [0.1, 0.15) is 58.7 Å². The van der Waals surface area contributed by atoms with Crippen LogP contribution < -0.4 is 9.64 Å². The Hall–Kier alpha value is -3.08. The van der Waals surface area contributed by atoms with E-state index in [1.54, 1.807) is 32.0 Å². The maximum Gasteiger partial charge on any atom is 0.294 e. The monoisotopic (exact) mass is 421 g/mol. The van der Waals surface area contributed by atoms with Crippen molar-refractivity contribution in [3.63, 3.8) is 0 Å². The second-order valence-corrected chi connectivity index (χ2v) is 9.16.